The van der Waals surface area contributed by atoms with E-state index in [-0.39, 0.29) is 6.42 Å². The van der Waals surface area contributed by atoms with Crippen molar-refractivity contribution in [2.24, 2.45) is 11.7 Å². The summed E-state index contributed by atoms with van der Waals surface area (Å²) in [7, 11) is 0. The second-order valence-electron chi connectivity index (χ2n) is 12.4. The number of aliphatic carboxylic acids is 2. The fourth-order valence-electron chi connectivity index (χ4n) is 4.48. The minimum absolute atomic E-state index is 0.0239. The summed E-state index contributed by atoms with van der Waals surface area (Å²) < 4.78 is 0. The lowest BCUT2D eigenvalue weighted by Crippen LogP contribution is -2.58. The van der Waals surface area contributed by atoms with E-state index in [2.05, 4.69) is 37.2 Å². The van der Waals surface area contributed by atoms with Crippen LogP contribution in [0.4, 0.5) is 0 Å². The normalized spacial score (nSPS) is 15.3. The van der Waals surface area contributed by atoms with Crippen molar-refractivity contribution in [3.8, 4) is 0 Å². The van der Waals surface area contributed by atoms with Crippen LogP contribution in [0.25, 0.3) is 0 Å². The first-order valence-corrected chi connectivity index (χ1v) is 16.7. The van der Waals surface area contributed by atoms with Crippen LogP contribution in [0, 0.1) is 5.92 Å². The van der Waals surface area contributed by atoms with Gasteiger partial charge < -0.3 is 58.3 Å². The van der Waals surface area contributed by atoms with Crippen LogP contribution in [-0.2, 0) is 49.6 Å². The zero-order valence-electron chi connectivity index (χ0n) is 30.1. The Labute approximate surface area is 305 Å². The van der Waals surface area contributed by atoms with Gasteiger partial charge in [0.15, 0.2) is 0 Å². The molecule has 8 atom stereocenters. The van der Waals surface area contributed by atoms with Crippen LogP contribution in [0.2, 0.25) is 0 Å². The van der Waals surface area contributed by atoms with Crippen LogP contribution in [-0.4, -0.2) is 124 Å². The molecule has 0 aliphatic carbocycles. The molecule has 0 aliphatic heterocycles. The van der Waals surface area contributed by atoms with Crippen molar-refractivity contribution in [2.75, 3.05) is 13.1 Å². The van der Waals surface area contributed by atoms with E-state index < -0.39 is 121 Å². The summed E-state index contributed by atoms with van der Waals surface area (Å²) in [6.45, 7) is 5.78. The lowest BCUT2D eigenvalue weighted by molar-refractivity contribution is -0.143. The predicted octanol–water partition coefficient (Wildman–Crippen LogP) is -3.76. The molecule has 0 spiro atoms. The maximum atomic E-state index is 13.1. The molecule has 1 aromatic rings. The molecule has 0 heterocycles. The number of nitrogens with two attached hydrogens (primary N) is 1. The first kappa shape index (κ1) is 45.4. The number of amides is 7. The van der Waals surface area contributed by atoms with Crippen LogP contribution in [0.5, 0.6) is 0 Å². The Morgan fingerprint density at radius 2 is 1.19 bits per heavy atom. The molecule has 12 N–H and O–H groups in total. The smallest absolute Gasteiger partial charge is 0.326 e. The number of aliphatic hydroxyl groups excluding tert-OH is 1. The highest BCUT2D eigenvalue weighted by molar-refractivity contribution is 5.97. The highest BCUT2D eigenvalue weighted by Crippen LogP contribution is 2.08. The van der Waals surface area contributed by atoms with E-state index in [1.807, 2.05) is 0 Å². The molecule has 0 saturated heterocycles. The topological polar surface area (TPSA) is 325 Å². The molecular formula is C33H50N8O12. The number of aliphatic hydroxyl groups is 1. The minimum atomic E-state index is -1.67. The number of carboxylic acids is 2. The van der Waals surface area contributed by atoms with Crippen LogP contribution >= 0.6 is 0 Å². The number of hydrogen-bond acceptors (Lipinski definition) is 11. The van der Waals surface area contributed by atoms with Crippen LogP contribution in [0.15, 0.2) is 30.3 Å². The molecule has 53 heavy (non-hydrogen) atoms. The average molecular weight is 751 g/mol. The lowest BCUT2D eigenvalue weighted by atomic mass is 9.99. The van der Waals surface area contributed by atoms with Gasteiger partial charge in [-0.1, -0.05) is 50.6 Å². The van der Waals surface area contributed by atoms with Crippen molar-refractivity contribution in [3.63, 3.8) is 0 Å². The Hall–Kier alpha value is -5.63. The zero-order chi connectivity index (χ0) is 40.4. The van der Waals surface area contributed by atoms with Gasteiger partial charge in [0, 0.05) is 6.42 Å². The second-order valence-corrected chi connectivity index (χ2v) is 12.4. The van der Waals surface area contributed by atoms with Crippen molar-refractivity contribution < 1.29 is 58.5 Å². The van der Waals surface area contributed by atoms with E-state index in [1.54, 1.807) is 44.2 Å². The molecule has 0 unspecified atom stereocenters. The summed E-state index contributed by atoms with van der Waals surface area (Å²) >= 11 is 0. The summed E-state index contributed by atoms with van der Waals surface area (Å²) in [6.07, 6.45) is -1.63. The van der Waals surface area contributed by atoms with Crippen molar-refractivity contribution in [3.05, 3.63) is 35.9 Å². The fraction of sp³-hybridized carbons (Fsp3) is 0.545. The first-order chi connectivity index (χ1) is 24.8. The van der Waals surface area contributed by atoms with E-state index >= 15 is 0 Å². The Morgan fingerprint density at radius 3 is 1.72 bits per heavy atom. The van der Waals surface area contributed by atoms with Crippen LogP contribution < -0.4 is 43.0 Å². The molecule has 20 heteroatoms. The molecule has 20 nitrogen and oxygen atoms in total. The van der Waals surface area contributed by atoms with Crippen LogP contribution in [0.3, 0.4) is 0 Å². The Kier molecular flexibility index (Phi) is 19.1. The summed E-state index contributed by atoms with van der Waals surface area (Å²) in [4.78, 5) is 111. The van der Waals surface area contributed by atoms with Gasteiger partial charge in [-0.25, -0.2) is 4.79 Å². The summed E-state index contributed by atoms with van der Waals surface area (Å²) in [6, 6.07) is 0.766. The largest absolute Gasteiger partial charge is 0.481 e. The van der Waals surface area contributed by atoms with Crippen molar-refractivity contribution in [2.45, 2.75) is 96.2 Å². The molecule has 294 valence electrons. The third-order valence-corrected chi connectivity index (χ3v) is 7.91. The number of benzene rings is 1. The van der Waals surface area contributed by atoms with Gasteiger partial charge in [-0.15, -0.1) is 0 Å². The standard InChI is InChI=1S/C33H50N8O12/c1-6-16(2)27(33(52)53)41-24(44)15-36-30(49)22(13-25(45)46)39-23(43)14-35-28(47)17(3)37-29(48)18(4)38-31(50)21(12-20-10-8-7-9-11-20)40-32(51)26(34)19(5)42/h7-11,16-19,21-22,26-27,42H,6,12-15,34H2,1-5H3,(H,35,47)(H,36,49)(H,37,48)(H,38,50)(H,39,43)(H,40,51)(H,41,44)(H,45,46)(H,52,53)/t16-,17-,18-,19+,21-,22-,26-,27-/m0/s1. The molecule has 0 saturated carbocycles. The fourth-order valence-corrected chi connectivity index (χ4v) is 4.48. The summed E-state index contributed by atoms with van der Waals surface area (Å²) in [5.74, 6) is -9.32. The summed E-state index contributed by atoms with van der Waals surface area (Å²) in [5, 5.41) is 44.2. The third-order valence-electron chi connectivity index (χ3n) is 7.91. The monoisotopic (exact) mass is 750 g/mol. The number of hydrogen-bond donors (Lipinski definition) is 11. The number of nitrogens with one attached hydrogen (secondary N) is 7. The Bertz CT molecular complexity index is 1470. The van der Waals surface area contributed by atoms with Gasteiger partial charge in [0.2, 0.25) is 41.4 Å². The van der Waals surface area contributed by atoms with Crippen molar-refractivity contribution in [1.82, 2.24) is 37.2 Å². The number of carboxylic acid groups (broad SMARTS) is 2. The minimum Gasteiger partial charge on any atom is -0.481 e. The number of carbonyl (C=O) groups excluding carboxylic acids is 7. The molecule has 7 amide bonds. The first-order valence-electron chi connectivity index (χ1n) is 16.7. The number of carbonyl (C=O) groups is 9. The van der Waals surface area contributed by atoms with E-state index in [0.29, 0.717) is 12.0 Å². The summed E-state index contributed by atoms with van der Waals surface area (Å²) in [5.41, 5.74) is 6.37. The Balaban J connectivity index is 2.74. The molecule has 0 radical (unpaired) electrons. The molecule has 0 aromatic heterocycles. The van der Waals surface area contributed by atoms with Gasteiger partial charge in [0.05, 0.1) is 25.6 Å². The Morgan fingerprint density at radius 1 is 0.660 bits per heavy atom. The molecule has 0 bridgehead atoms. The molecule has 1 rings (SSSR count). The quantitative estimate of drug-likeness (QED) is 0.0543. The molecular weight excluding hydrogens is 700 g/mol. The SMILES string of the molecule is CC[C@H](C)[C@H](NC(=O)CNC(=O)[C@H](CC(=O)O)NC(=O)CNC(=O)[C@H](C)NC(=O)[C@H](C)NC(=O)[C@H](Cc1ccccc1)NC(=O)[C@@H](N)[C@@H](C)O)C(=O)O. The third kappa shape index (κ3) is 16.5. The predicted molar refractivity (Wildman–Crippen MR) is 186 cm³/mol. The van der Waals surface area contributed by atoms with Gasteiger partial charge >= 0.3 is 11.9 Å². The highest BCUT2D eigenvalue weighted by atomic mass is 16.4. The maximum absolute atomic E-state index is 13.1. The lowest BCUT2D eigenvalue weighted by Gasteiger charge is -2.24. The average Bonchev–Trinajstić information content (AvgIpc) is 3.10. The highest BCUT2D eigenvalue weighted by Gasteiger charge is 2.30. The van der Waals surface area contributed by atoms with E-state index in [1.165, 1.54) is 20.8 Å². The van der Waals surface area contributed by atoms with Gasteiger partial charge in [-0.3, -0.25) is 38.4 Å². The van der Waals surface area contributed by atoms with Crippen molar-refractivity contribution >= 4 is 53.3 Å². The van der Waals surface area contributed by atoms with Crippen molar-refractivity contribution in [1.29, 1.82) is 0 Å². The van der Waals surface area contributed by atoms with E-state index in [9.17, 15) is 58.5 Å². The van der Waals surface area contributed by atoms with E-state index in [0.717, 1.165) is 0 Å². The maximum Gasteiger partial charge on any atom is 0.326 e. The van der Waals surface area contributed by atoms with Gasteiger partial charge in [-0.05, 0) is 32.3 Å². The van der Waals surface area contributed by atoms with Gasteiger partial charge in [0.1, 0.15) is 36.3 Å². The van der Waals surface area contributed by atoms with Gasteiger partial charge in [0.25, 0.3) is 0 Å². The van der Waals surface area contributed by atoms with Gasteiger partial charge in [-0.2, -0.15) is 0 Å². The molecule has 0 fully saturated rings. The molecule has 1 aromatic carbocycles. The van der Waals surface area contributed by atoms with Crippen LogP contribution in [0.1, 0.15) is 53.0 Å². The van der Waals surface area contributed by atoms with E-state index in [4.69, 9.17) is 5.73 Å². The number of rotatable bonds is 22. The molecule has 0 aliphatic rings. The second kappa shape index (κ2) is 22.3. The zero-order valence-corrected chi connectivity index (χ0v) is 30.1.